The number of nitrogens with zero attached hydrogens (tertiary/aromatic N) is 2. The Balaban J connectivity index is 1.34. The minimum Gasteiger partial charge on any atom is -0.497 e. The first kappa shape index (κ1) is 28.4. The fraction of sp³-hybridized carbons (Fsp3) is 0.121. The third kappa shape index (κ3) is 5.99. The summed E-state index contributed by atoms with van der Waals surface area (Å²) < 4.78 is 10.6. The second kappa shape index (κ2) is 12.6. The van der Waals surface area contributed by atoms with Crippen LogP contribution < -0.4 is 19.7 Å². The van der Waals surface area contributed by atoms with E-state index in [2.05, 4.69) is 5.32 Å². The van der Waals surface area contributed by atoms with Crippen LogP contribution in [0.15, 0.2) is 114 Å². The molecule has 42 heavy (non-hydrogen) atoms. The number of amides is 3. The van der Waals surface area contributed by atoms with Gasteiger partial charge in [0.05, 0.1) is 19.9 Å². The van der Waals surface area contributed by atoms with Gasteiger partial charge in [0.15, 0.2) is 0 Å². The largest absolute Gasteiger partial charge is 0.497 e. The van der Waals surface area contributed by atoms with Gasteiger partial charge >= 0.3 is 0 Å². The standard InChI is InChI=1S/C33H28ClN3O5/c1-41-26-17-18-27(28(19-26)42-2)37-32(39)29(34)30(33(37)40)35-25-15-13-24(14-16-25)31(38)36(20-22-9-5-3-6-10-22)21-23-11-7-4-8-12-23/h3-19,35H,20-21H2,1-2H3. The summed E-state index contributed by atoms with van der Waals surface area (Å²) in [6.45, 7) is 0.886. The summed E-state index contributed by atoms with van der Waals surface area (Å²) in [5.74, 6) is -0.674. The smallest absolute Gasteiger partial charge is 0.283 e. The zero-order chi connectivity index (χ0) is 29.6. The van der Waals surface area contributed by atoms with Gasteiger partial charge in [0.25, 0.3) is 17.7 Å². The second-order valence-corrected chi connectivity index (χ2v) is 9.89. The van der Waals surface area contributed by atoms with E-state index in [-0.39, 0.29) is 28.1 Å². The van der Waals surface area contributed by atoms with Crippen molar-refractivity contribution in [2.75, 3.05) is 24.4 Å². The molecular weight excluding hydrogens is 554 g/mol. The van der Waals surface area contributed by atoms with Gasteiger partial charge in [0, 0.05) is 30.4 Å². The Morgan fingerprint density at radius 2 is 1.38 bits per heavy atom. The summed E-state index contributed by atoms with van der Waals surface area (Å²) in [5, 5.41) is 2.70. The number of hydrogen-bond acceptors (Lipinski definition) is 6. The van der Waals surface area contributed by atoms with Gasteiger partial charge in [-0.25, -0.2) is 4.90 Å². The van der Waals surface area contributed by atoms with E-state index in [1.807, 2.05) is 60.7 Å². The van der Waals surface area contributed by atoms with Crippen molar-refractivity contribution in [1.82, 2.24) is 4.90 Å². The number of carbonyl (C=O) groups is 3. The zero-order valence-electron chi connectivity index (χ0n) is 23.0. The SMILES string of the molecule is COc1ccc(N2C(=O)C(Cl)=C(Nc3ccc(C(=O)N(Cc4ccccc4)Cc4ccccc4)cc3)C2=O)c(OC)c1. The first-order valence-electron chi connectivity index (χ1n) is 13.1. The number of methoxy groups -OCH3 is 2. The number of imide groups is 1. The number of hydrogen-bond donors (Lipinski definition) is 1. The molecule has 4 aromatic rings. The number of carbonyl (C=O) groups excluding carboxylic acids is 3. The first-order valence-corrected chi connectivity index (χ1v) is 13.5. The maximum Gasteiger partial charge on any atom is 0.283 e. The molecule has 8 nitrogen and oxygen atoms in total. The van der Waals surface area contributed by atoms with E-state index < -0.39 is 11.8 Å². The zero-order valence-corrected chi connectivity index (χ0v) is 23.8. The van der Waals surface area contributed by atoms with Crippen molar-refractivity contribution in [2.45, 2.75) is 13.1 Å². The molecule has 5 rings (SSSR count). The van der Waals surface area contributed by atoms with Gasteiger partial charge in [-0.15, -0.1) is 0 Å². The Morgan fingerprint density at radius 3 is 1.93 bits per heavy atom. The minimum absolute atomic E-state index is 0.0756. The van der Waals surface area contributed by atoms with Crippen LogP contribution in [0, 0.1) is 0 Å². The monoisotopic (exact) mass is 581 g/mol. The summed E-state index contributed by atoms with van der Waals surface area (Å²) in [6, 6.07) is 31.0. The van der Waals surface area contributed by atoms with Crippen molar-refractivity contribution in [3.63, 3.8) is 0 Å². The van der Waals surface area contributed by atoms with Crippen molar-refractivity contribution in [3.8, 4) is 11.5 Å². The summed E-state index contributed by atoms with van der Waals surface area (Å²) >= 11 is 6.33. The number of ether oxygens (including phenoxy) is 2. The van der Waals surface area contributed by atoms with Crippen LogP contribution in [0.5, 0.6) is 11.5 Å². The molecule has 0 aromatic heterocycles. The molecule has 9 heteroatoms. The van der Waals surface area contributed by atoms with Gasteiger partial charge < -0.3 is 19.7 Å². The van der Waals surface area contributed by atoms with Crippen LogP contribution in [0.4, 0.5) is 11.4 Å². The van der Waals surface area contributed by atoms with Gasteiger partial charge in [0.2, 0.25) is 0 Å². The maximum atomic E-state index is 13.6. The van der Waals surface area contributed by atoms with Crippen molar-refractivity contribution < 1.29 is 23.9 Å². The molecule has 1 heterocycles. The normalized spacial score (nSPS) is 12.9. The summed E-state index contributed by atoms with van der Waals surface area (Å²) in [5.41, 5.74) is 3.16. The average molecular weight is 582 g/mol. The van der Waals surface area contributed by atoms with Gasteiger partial charge in [-0.05, 0) is 47.5 Å². The first-order chi connectivity index (χ1) is 20.4. The van der Waals surface area contributed by atoms with Crippen LogP contribution in [0.1, 0.15) is 21.5 Å². The van der Waals surface area contributed by atoms with Crippen molar-refractivity contribution in [1.29, 1.82) is 0 Å². The highest BCUT2D eigenvalue weighted by atomic mass is 35.5. The van der Waals surface area contributed by atoms with Crippen molar-refractivity contribution in [2.24, 2.45) is 0 Å². The molecule has 0 spiro atoms. The Kier molecular flexibility index (Phi) is 8.55. The number of rotatable bonds is 10. The molecule has 0 aliphatic carbocycles. The average Bonchev–Trinajstić information content (AvgIpc) is 3.24. The lowest BCUT2D eigenvalue weighted by molar-refractivity contribution is -0.120. The van der Waals surface area contributed by atoms with Gasteiger partial charge in [-0.1, -0.05) is 72.3 Å². The lowest BCUT2D eigenvalue weighted by Gasteiger charge is -2.23. The highest BCUT2D eigenvalue weighted by Gasteiger charge is 2.40. The lowest BCUT2D eigenvalue weighted by atomic mass is 10.1. The molecule has 0 radical (unpaired) electrons. The van der Waals surface area contributed by atoms with Crippen LogP contribution in [-0.2, 0) is 22.7 Å². The van der Waals surface area contributed by atoms with Crippen LogP contribution in [0.3, 0.4) is 0 Å². The van der Waals surface area contributed by atoms with Crippen LogP contribution in [0.2, 0.25) is 0 Å². The van der Waals surface area contributed by atoms with Gasteiger partial charge in [-0.2, -0.15) is 0 Å². The van der Waals surface area contributed by atoms with E-state index in [1.165, 1.54) is 14.2 Å². The Hall–Kier alpha value is -5.08. The number of anilines is 2. The quantitative estimate of drug-likeness (QED) is 0.232. The molecule has 1 aliphatic rings. The number of halogens is 1. The molecule has 0 saturated carbocycles. The third-order valence-electron chi connectivity index (χ3n) is 6.78. The molecule has 1 N–H and O–H groups in total. The highest BCUT2D eigenvalue weighted by molar-refractivity contribution is 6.53. The van der Waals surface area contributed by atoms with E-state index in [9.17, 15) is 14.4 Å². The van der Waals surface area contributed by atoms with Crippen molar-refractivity contribution in [3.05, 3.63) is 131 Å². The fourth-order valence-corrected chi connectivity index (χ4v) is 4.84. The van der Waals surface area contributed by atoms with Crippen LogP contribution >= 0.6 is 11.6 Å². The van der Waals surface area contributed by atoms with Gasteiger partial charge in [-0.3, -0.25) is 14.4 Å². The fourth-order valence-electron chi connectivity index (χ4n) is 4.63. The second-order valence-electron chi connectivity index (χ2n) is 9.51. The molecular formula is C33H28ClN3O5. The van der Waals surface area contributed by atoms with Gasteiger partial charge in [0.1, 0.15) is 22.2 Å². The predicted molar refractivity (Wildman–Crippen MR) is 161 cm³/mol. The Labute approximate surface area is 248 Å². The molecule has 0 fully saturated rings. The molecule has 0 unspecified atom stereocenters. The molecule has 3 amide bonds. The minimum atomic E-state index is -0.683. The van der Waals surface area contributed by atoms with Crippen LogP contribution in [0.25, 0.3) is 0 Å². The molecule has 0 saturated heterocycles. The Morgan fingerprint density at radius 1 is 0.786 bits per heavy atom. The number of nitrogens with one attached hydrogen (secondary N) is 1. The maximum absolute atomic E-state index is 13.6. The van der Waals surface area contributed by atoms with E-state index in [4.69, 9.17) is 21.1 Å². The van der Waals surface area contributed by atoms with Crippen molar-refractivity contribution >= 4 is 40.7 Å². The lowest BCUT2D eigenvalue weighted by Crippen LogP contribution is -2.32. The predicted octanol–water partition coefficient (Wildman–Crippen LogP) is 5.98. The number of benzene rings is 4. The van der Waals surface area contributed by atoms with E-state index in [0.717, 1.165) is 16.0 Å². The summed E-state index contributed by atoms with van der Waals surface area (Å²) in [4.78, 5) is 42.7. The van der Waals surface area contributed by atoms with Crippen LogP contribution in [-0.4, -0.2) is 36.8 Å². The molecule has 1 aliphatic heterocycles. The third-order valence-corrected chi connectivity index (χ3v) is 7.13. The molecule has 0 bridgehead atoms. The molecule has 212 valence electrons. The molecule has 0 atom stereocenters. The van der Waals surface area contributed by atoms with E-state index >= 15 is 0 Å². The highest BCUT2D eigenvalue weighted by Crippen LogP contribution is 2.37. The summed E-state index contributed by atoms with van der Waals surface area (Å²) in [7, 11) is 2.94. The summed E-state index contributed by atoms with van der Waals surface area (Å²) in [6.07, 6.45) is 0. The van der Waals surface area contributed by atoms with E-state index in [0.29, 0.717) is 30.1 Å². The van der Waals surface area contributed by atoms with E-state index in [1.54, 1.807) is 47.4 Å². The Bertz CT molecular complexity index is 1600. The molecule has 4 aromatic carbocycles. The topological polar surface area (TPSA) is 88.2 Å².